The van der Waals surface area contributed by atoms with Crippen molar-refractivity contribution in [3.8, 4) is 0 Å². The number of amides is 1. The lowest BCUT2D eigenvalue weighted by molar-refractivity contribution is -0.119. The number of carboxylic acids is 1. The first-order valence-electron chi connectivity index (χ1n) is 6.39. The Labute approximate surface area is 121 Å². The molecule has 0 fully saturated rings. The molecule has 2 N–H and O–H groups in total. The van der Waals surface area contributed by atoms with E-state index < -0.39 is 11.8 Å². The van der Waals surface area contributed by atoms with Crippen LogP contribution in [0.2, 0.25) is 0 Å². The monoisotopic (exact) mass is 299 g/mol. The molecule has 0 saturated carbocycles. The van der Waals surface area contributed by atoms with Gasteiger partial charge in [0.15, 0.2) is 0 Å². The molecule has 1 atom stereocenters. The Bertz CT molecular complexity index is 493. The summed E-state index contributed by atoms with van der Waals surface area (Å²) in [5, 5.41) is 11.7. The zero-order chi connectivity index (χ0) is 15.1. The van der Waals surface area contributed by atoms with E-state index in [1.165, 1.54) is 12.1 Å². The average molecular weight is 299 g/mol. The second-order valence-electron chi connectivity index (χ2n) is 4.50. The van der Waals surface area contributed by atoms with Gasteiger partial charge in [0.05, 0.1) is 11.3 Å². The lowest BCUT2D eigenvalue weighted by Gasteiger charge is -2.12. The first kappa shape index (κ1) is 16.5. The van der Waals surface area contributed by atoms with Crippen molar-refractivity contribution in [1.29, 1.82) is 0 Å². The Hall–Kier alpha value is -1.56. The summed E-state index contributed by atoms with van der Waals surface area (Å²) in [6.45, 7) is 3.95. The minimum absolute atomic E-state index is 0.00802. The molecular weight excluding hydrogens is 281 g/mol. The molecule has 110 valence electrons. The summed E-state index contributed by atoms with van der Waals surface area (Å²) in [5.41, 5.74) is 0.00802. The number of carbonyl (C=O) groups is 2. The van der Waals surface area contributed by atoms with E-state index in [0.717, 1.165) is 30.7 Å². The maximum atomic E-state index is 13.5. The average Bonchev–Trinajstić information content (AvgIpc) is 2.37. The minimum atomic E-state index is -1.12. The van der Waals surface area contributed by atoms with Crippen LogP contribution in [0.3, 0.4) is 0 Å². The summed E-state index contributed by atoms with van der Waals surface area (Å²) in [4.78, 5) is 22.6. The third kappa shape index (κ3) is 5.21. The molecule has 6 heteroatoms. The van der Waals surface area contributed by atoms with Gasteiger partial charge in [0, 0.05) is 10.9 Å². The van der Waals surface area contributed by atoms with Crippen LogP contribution in [0.5, 0.6) is 0 Å². The van der Waals surface area contributed by atoms with E-state index in [0.29, 0.717) is 0 Å². The van der Waals surface area contributed by atoms with Crippen molar-refractivity contribution in [1.82, 2.24) is 5.32 Å². The lowest BCUT2D eigenvalue weighted by Crippen LogP contribution is -2.33. The molecule has 0 radical (unpaired) electrons. The van der Waals surface area contributed by atoms with Gasteiger partial charge in [0.2, 0.25) is 5.91 Å². The van der Waals surface area contributed by atoms with Crippen molar-refractivity contribution < 1.29 is 19.1 Å². The molecule has 1 unspecified atom stereocenters. The Balaban J connectivity index is 2.59. The summed E-state index contributed by atoms with van der Waals surface area (Å²) in [7, 11) is 0. The van der Waals surface area contributed by atoms with Crippen LogP contribution in [-0.2, 0) is 4.79 Å². The van der Waals surface area contributed by atoms with Crippen molar-refractivity contribution in [3.05, 3.63) is 29.6 Å². The van der Waals surface area contributed by atoms with Gasteiger partial charge < -0.3 is 10.4 Å². The van der Waals surface area contributed by atoms with Crippen LogP contribution < -0.4 is 5.32 Å². The van der Waals surface area contributed by atoms with E-state index in [1.54, 1.807) is 0 Å². The second-order valence-corrected chi connectivity index (χ2v) is 5.51. The number of hydrogen-bond acceptors (Lipinski definition) is 3. The van der Waals surface area contributed by atoms with Gasteiger partial charge in [-0.3, -0.25) is 4.79 Å². The van der Waals surface area contributed by atoms with Gasteiger partial charge >= 0.3 is 5.97 Å². The van der Waals surface area contributed by atoms with Gasteiger partial charge in [-0.05, 0) is 31.5 Å². The zero-order valence-corrected chi connectivity index (χ0v) is 12.3. The first-order chi connectivity index (χ1) is 9.43. The predicted molar refractivity (Wildman–Crippen MR) is 76.6 cm³/mol. The molecule has 0 aliphatic heterocycles. The van der Waals surface area contributed by atoms with E-state index in [1.807, 2.05) is 13.8 Å². The molecule has 0 saturated heterocycles. The molecule has 4 nitrogen and oxygen atoms in total. The molecule has 0 aromatic heterocycles. The fourth-order valence-corrected chi connectivity index (χ4v) is 2.50. The zero-order valence-electron chi connectivity index (χ0n) is 11.5. The van der Waals surface area contributed by atoms with Crippen LogP contribution in [0.15, 0.2) is 23.1 Å². The number of thioether (sulfide) groups is 1. The quantitative estimate of drug-likeness (QED) is 0.760. The highest BCUT2D eigenvalue weighted by Gasteiger charge is 2.12. The first-order valence-corrected chi connectivity index (χ1v) is 7.37. The highest BCUT2D eigenvalue weighted by Crippen LogP contribution is 2.23. The van der Waals surface area contributed by atoms with Crippen molar-refractivity contribution in [2.24, 2.45) is 0 Å². The van der Waals surface area contributed by atoms with E-state index in [9.17, 15) is 14.0 Å². The third-order valence-corrected chi connectivity index (χ3v) is 3.70. The Morgan fingerprint density at radius 1 is 1.45 bits per heavy atom. The molecule has 0 aliphatic carbocycles. The van der Waals surface area contributed by atoms with Crippen LogP contribution in [0, 0.1) is 5.82 Å². The van der Waals surface area contributed by atoms with E-state index in [2.05, 4.69) is 5.32 Å². The van der Waals surface area contributed by atoms with Gasteiger partial charge in [-0.2, -0.15) is 0 Å². The fourth-order valence-electron chi connectivity index (χ4n) is 1.71. The van der Waals surface area contributed by atoms with E-state index in [4.69, 9.17) is 5.11 Å². The number of carboxylic acid groups (broad SMARTS) is 1. The topological polar surface area (TPSA) is 66.4 Å². The normalized spacial score (nSPS) is 11.9. The summed E-state index contributed by atoms with van der Waals surface area (Å²) in [6.07, 6.45) is 1.86. The number of halogens is 1. The summed E-state index contributed by atoms with van der Waals surface area (Å²) >= 11 is 0.996. The molecular formula is C14H18FNO3S. The van der Waals surface area contributed by atoms with Crippen LogP contribution in [-0.4, -0.2) is 28.8 Å². The molecule has 20 heavy (non-hydrogen) atoms. The number of aromatic carboxylic acids is 1. The van der Waals surface area contributed by atoms with E-state index in [-0.39, 0.29) is 28.2 Å². The van der Waals surface area contributed by atoms with Gasteiger partial charge in [-0.25, -0.2) is 9.18 Å². The number of rotatable bonds is 7. The number of carbonyl (C=O) groups excluding carboxylic acids is 1. The Kier molecular flexibility index (Phi) is 6.51. The van der Waals surface area contributed by atoms with Gasteiger partial charge in [0.1, 0.15) is 5.82 Å². The summed E-state index contributed by atoms with van der Waals surface area (Å²) in [6, 6.07) is 3.63. The molecule has 0 aliphatic rings. The highest BCUT2D eigenvalue weighted by molar-refractivity contribution is 8.00. The lowest BCUT2D eigenvalue weighted by atomic mass is 10.2. The molecule has 1 amide bonds. The summed E-state index contributed by atoms with van der Waals surface area (Å²) in [5.74, 6) is -1.76. The second kappa shape index (κ2) is 7.89. The maximum absolute atomic E-state index is 13.5. The minimum Gasteiger partial charge on any atom is -0.478 e. The molecule has 0 spiro atoms. The standard InChI is InChI=1S/C14H18FNO3S/c1-3-4-9(2)16-13(17)8-20-12-7-10(14(18)19)5-6-11(12)15/h5-7,9H,3-4,8H2,1-2H3,(H,16,17)(H,18,19). The molecule has 1 aromatic rings. The molecule has 0 heterocycles. The van der Waals surface area contributed by atoms with Crippen LogP contribution in [0.25, 0.3) is 0 Å². The Morgan fingerprint density at radius 3 is 2.75 bits per heavy atom. The van der Waals surface area contributed by atoms with Crippen LogP contribution >= 0.6 is 11.8 Å². The molecule has 1 aromatic carbocycles. The summed E-state index contributed by atoms with van der Waals surface area (Å²) < 4.78 is 13.5. The molecule has 0 bridgehead atoms. The maximum Gasteiger partial charge on any atom is 0.335 e. The van der Waals surface area contributed by atoms with Crippen molar-refractivity contribution >= 4 is 23.6 Å². The SMILES string of the molecule is CCCC(C)NC(=O)CSc1cc(C(=O)O)ccc1F. The number of nitrogens with one attached hydrogen (secondary N) is 1. The largest absolute Gasteiger partial charge is 0.478 e. The van der Waals surface area contributed by atoms with Crippen LogP contribution in [0.1, 0.15) is 37.0 Å². The predicted octanol–water partition coefficient (Wildman–Crippen LogP) is 2.92. The van der Waals surface area contributed by atoms with Crippen molar-refractivity contribution in [2.45, 2.75) is 37.6 Å². The van der Waals surface area contributed by atoms with Crippen molar-refractivity contribution in [3.63, 3.8) is 0 Å². The van der Waals surface area contributed by atoms with Gasteiger partial charge in [0.25, 0.3) is 0 Å². The van der Waals surface area contributed by atoms with Gasteiger partial charge in [-0.1, -0.05) is 13.3 Å². The van der Waals surface area contributed by atoms with Crippen LogP contribution in [0.4, 0.5) is 4.39 Å². The fraction of sp³-hybridized carbons (Fsp3) is 0.429. The number of benzene rings is 1. The van der Waals surface area contributed by atoms with Gasteiger partial charge in [-0.15, -0.1) is 11.8 Å². The van der Waals surface area contributed by atoms with Crippen molar-refractivity contribution in [2.75, 3.05) is 5.75 Å². The number of hydrogen-bond donors (Lipinski definition) is 2. The molecule has 1 rings (SSSR count). The van der Waals surface area contributed by atoms with E-state index >= 15 is 0 Å². The highest BCUT2D eigenvalue weighted by atomic mass is 32.2. The third-order valence-electron chi connectivity index (χ3n) is 2.67. The Morgan fingerprint density at radius 2 is 2.15 bits per heavy atom. The smallest absolute Gasteiger partial charge is 0.335 e.